The van der Waals surface area contributed by atoms with Gasteiger partial charge in [-0.15, -0.1) is 0 Å². The van der Waals surface area contributed by atoms with Gasteiger partial charge in [-0.05, 0) is 48.9 Å². The molecule has 3 aromatic carbocycles. The molecule has 9 nitrogen and oxygen atoms in total. The number of rotatable bonds is 11. The van der Waals surface area contributed by atoms with Crippen LogP contribution < -0.4 is 19.1 Å². The number of nitrogens with zero attached hydrogens (tertiary/aromatic N) is 2. The van der Waals surface area contributed by atoms with E-state index in [0.717, 1.165) is 9.87 Å². The molecule has 2 amide bonds. The van der Waals surface area contributed by atoms with Crippen molar-refractivity contribution in [2.24, 2.45) is 0 Å². The van der Waals surface area contributed by atoms with Crippen molar-refractivity contribution in [1.82, 2.24) is 10.2 Å². The first-order chi connectivity index (χ1) is 17.7. The van der Waals surface area contributed by atoms with E-state index in [4.69, 9.17) is 9.47 Å². The van der Waals surface area contributed by atoms with Crippen molar-refractivity contribution in [2.75, 3.05) is 32.1 Å². The third-order valence-corrected chi connectivity index (χ3v) is 7.66. The summed E-state index contributed by atoms with van der Waals surface area (Å²) in [4.78, 5) is 27.6. The average Bonchev–Trinajstić information content (AvgIpc) is 2.94. The molecule has 1 unspecified atom stereocenters. The fourth-order valence-electron chi connectivity index (χ4n) is 3.80. The Labute approximate surface area is 217 Å². The number of benzene rings is 3. The second-order valence-electron chi connectivity index (χ2n) is 8.16. The maximum atomic E-state index is 13.9. The highest BCUT2D eigenvalue weighted by molar-refractivity contribution is 7.92. The summed E-state index contributed by atoms with van der Waals surface area (Å²) in [6.07, 6.45) is 0. The van der Waals surface area contributed by atoms with Crippen LogP contribution in [0.1, 0.15) is 12.5 Å². The average molecular weight is 526 g/mol. The Morgan fingerprint density at radius 2 is 1.51 bits per heavy atom. The maximum absolute atomic E-state index is 13.9. The summed E-state index contributed by atoms with van der Waals surface area (Å²) >= 11 is 0. The van der Waals surface area contributed by atoms with Crippen molar-refractivity contribution in [2.45, 2.75) is 24.4 Å². The maximum Gasteiger partial charge on any atom is 0.264 e. The predicted octanol–water partition coefficient (Wildman–Crippen LogP) is 3.06. The summed E-state index contributed by atoms with van der Waals surface area (Å²) in [7, 11) is 0.180. The summed E-state index contributed by atoms with van der Waals surface area (Å²) in [5, 5.41) is 2.56. The lowest BCUT2D eigenvalue weighted by molar-refractivity contribution is -0.139. The molecule has 0 fully saturated rings. The van der Waals surface area contributed by atoms with Gasteiger partial charge in [0, 0.05) is 13.6 Å². The van der Waals surface area contributed by atoms with Crippen LogP contribution in [-0.2, 0) is 26.2 Å². The molecule has 0 heterocycles. The number of carbonyl (C=O) groups is 2. The minimum Gasteiger partial charge on any atom is -0.497 e. The van der Waals surface area contributed by atoms with Gasteiger partial charge >= 0.3 is 0 Å². The number of carbonyl (C=O) groups excluding carboxylic acids is 2. The van der Waals surface area contributed by atoms with Crippen LogP contribution in [0.4, 0.5) is 5.69 Å². The molecule has 0 spiro atoms. The molecule has 3 aromatic rings. The first-order valence-electron chi connectivity index (χ1n) is 11.6. The van der Waals surface area contributed by atoms with Crippen LogP contribution >= 0.6 is 0 Å². The summed E-state index contributed by atoms with van der Waals surface area (Å²) < 4.78 is 39.3. The van der Waals surface area contributed by atoms with Crippen molar-refractivity contribution < 1.29 is 27.5 Å². The molecule has 0 saturated heterocycles. The van der Waals surface area contributed by atoms with Crippen LogP contribution in [-0.4, -0.2) is 59.0 Å². The lowest BCUT2D eigenvalue weighted by atomic mass is 10.1. The number of hydrogen-bond donors (Lipinski definition) is 1. The van der Waals surface area contributed by atoms with Gasteiger partial charge in [-0.1, -0.05) is 42.5 Å². The molecular formula is C27H31N3O6S. The van der Waals surface area contributed by atoms with E-state index in [0.29, 0.717) is 5.75 Å². The van der Waals surface area contributed by atoms with Gasteiger partial charge in [-0.2, -0.15) is 0 Å². The number of sulfonamides is 1. The quantitative estimate of drug-likeness (QED) is 0.413. The molecule has 0 aliphatic heterocycles. The van der Waals surface area contributed by atoms with Gasteiger partial charge in [0.25, 0.3) is 10.0 Å². The van der Waals surface area contributed by atoms with E-state index in [1.165, 1.54) is 50.4 Å². The molecule has 0 saturated carbocycles. The first kappa shape index (κ1) is 27.5. The normalized spacial score (nSPS) is 11.8. The highest BCUT2D eigenvalue weighted by Crippen LogP contribution is 2.33. The second kappa shape index (κ2) is 12.3. The van der Waals surface area contributed by atoms with Crippen LogP contribution in [0, 0.1) is 0 Å². The fraction of sp³-hybridized carbons (Fsp3) is 0.259. The molecule has 0 aromatic heterocycles. The number of nitrogens with one attached hydrogen (secondary N) is 1. The van der Waals surface area contributed by atoms with E-state index in [1.807, 2.05) is 30.3 Å². The minimum atomic E-state index is -4.21. The van der Waals surface area contributed by atoms with Crippen LogP contribution in [0.5, 0.6) is 11.5 Å². The number of likely N-dealkylation sites (N-methyl/N-ethyl adjacent to an activating group) is 1. The molecule has 1 N–H and O–H groups in total. The summed E-state index contributed by atoms with van der Waals surface area (Å²) in [5.41, 5.74) is 0.995. The van der Waals surface area contributed by atoms with Gasteiger partial charge in [-0.25, -0.2) is 8.42 Å². The van der Waals surface area contributed by atoms with E-state index in [1.54, 1.807) is 31.2 Å². The third-order valence-electron chi connectivity index (χ3n) is 5.89. The van der Waals surface area contributed by atoms with Crippen molar-refractivity contribution in [3.63, 3.8) is 0 Å². The van der Waals surface area contributed by atoms with Crippen molar-refractivity contribution in [1.29, 1.82) is 0 Å². The van der Waals surface area contributed by atoms with Crippen LogP contribution in [0.25, 0.3) is 0 Å². The van der Waals surface area contributed by atoms with E-state index in [9.17, 15) is 18.0 Å². The fourth-order valence-corrected chi connectivity index (χ4v) is 5.22. The summed E-state index contributed by atoms with van der Waals surface area (Å²) in [6, 6.07) is 20.8. The van der Waals surface area contributed by atoms with Gasteiger partial charge in [0.15, 0.2) is 0 Å². The van der Waals surface area contributed by atoms with Gasteiger partial charge in [0.1, 0.15) is 24.1 Å². The highest BCUT2D eigenvalue weighted by atomic mass is 32.2. The molecule has 3 rings (SSSR count). The summed E-state index contributed by atoms with van der Waals surface area (Å²) in [5.74, 6) is -0.150. The van der Waals surface area contributed by atoms with Crippen LogP contribution in [0.2, 0.25) is 0 Å². The number of amides is 2. The Balaban J connectivity index is 2.06. The number of methoxy groups -OCH3 is 2. The lowest BCUT2D eigenvalue weighted by Crippen LogP contribution is -2.50. The van der Waals surface area contributed by atoms with Gasteiger partial charge in [0.2, 0.25) is 11.8 Å². The topological polar surface area (TPSA) is 105 Å². The molecule has 196 valence electrons. The Morgan fingerprint density at radius 1 is 0.892 bits per heavy atom. The predicted molar refractivity (Wildman–Crippen MR) is 141 cm³/mol. The zero-order valence-corrected chi connectivity index (χ0v) is 22.1. The molecule has 0 aliphatic carbocycles. The van der Waals surface area contributed by atoms with E-state index in [2.05, 4.69) is 5.32 Å². The molecule has 37 heavy (non-hydrogen) atoms. The van der Waals surface area contributed by atoms with Crippen molar-refractivity contribution >= 4 is 27.5 Å². The molecule has 10 heteroatoms. The second-order valence-corrected chi connectivity index (χ2v) is 10.0. The molecule has 1 atom stereocenters. The lowest BCUT2D eigenvalue weighted by Gasteiger charge is -2.32. The minimum absolute atomic E-state index is 0.0269. The number of hydrogen-bond acceptors (Lipinski definition) is 6. The Hall–Kier alpha value is -4.05. The van der Waals surface area contributed by atoms with Crippen LogP contribution in [0.3, 0.4) is 0 Å². The van der Waals surface area contributed by atoms with E-state index >= 15 is 0 Å². The Bertz CT molecular complexity index is 1310. The number of ether oxygens (including phenoxy) is 2. The highest BCUT2D eigenvalue weighted by Gasteiger charge is 2.33. The zero-order valence-electron chi connectivity index (χ0n) is 21.2. The Morgan fingerprint density at radius 3 is 2.11 bits per heavy atom. The van der Waals surface area contributed by atoms with Crippen LogP contribution in [0.15, 0.2) is 83.8 Å². The molecule has 0 radical (unpaired) electrons. The summed E-state index contributed by atoms with van der Waals surface area (Å²) in [6.45, 7) is 1.17. The monoisotopic (exact) mass is 525 g/mol. The van der Waals surface area contributed by atoms with E-state index < -0.39 is 28.5 Å². The molecule has 0 aliphatic rings. The number of para-hydroxylation sites is 2. The Kier molecular flexibility index (Phi) is 9.13. The third kappa shape index (κ3) is 6.39. The van der Waals surface area contributed by atoms with Gasteiger partial charge in [0.05, 0.1) is 24.8 Å². The molecular weight excluding hydrogens is 494 g/mol. The van der Waals surface area contributed by atoms with Crippen molar-refractivity contribution in [3.8, 4) is 11.5 Å². The van der Waals surface area contributed by atoms with Crippen molar-refractivity contribution in [3.05, 3.63) is 84.4 Å². The van der Waals surface area contributed by atoms with E-state index in [-0.39, 0.29) is 28.8 Å². The standard InChI is InChI=1S/C27H31N3O6S/c1-20(27(32)28-2)29(18-21-10-6-5-7-11-21)26(31)19-30(24-12-8-9-13-25(24)36-4)37(33,34)23-16-14-22(35-3)15-17-23/h5-17,20H,18-19H2,1-4H3,(H,28,32). The SMILES string of the molecule is CNC(=O)C(C)N(Cc1ccccc1)C(=O)CN(c1ccccc1OC)S(=O)(=O)c1ccc(OC)cc1. The van der Waals surface area contributed by atoms with Gasteiger partial charge < -0.3 is 19.7 Å². The largest absolute Gasteiger partial charge is 0.497 e. The zero-order chi connectivity index (χ0) is 27.0. The first-order valence-corrected chi connectivity index (χ1v) is 13.0. The van der Waals surface area contributed by atoms with Gasteiger partial charge in [-0.3, -0.25) is 13.9 Å². The number of anilines is 1. The smallest absolute Gasteiger partial charge is 0.264 e. The molecule has 0 bridgehead atoms.